The van der Waals surface area contributed by atoms with E-state index in [0.29, 0.717) is 11.6 Å². The summed E-state index contributed by atoms with van der Waals surface area (Å²) in [5.74, 6) is -4.47. The Kier molecular flexibility index (Phi) is 10.3. The molecule has 2 aromatic heterocycles. The summed E-state index contributed by atoms with van der Waals surface area (Å²) < 4.78 is 69.5. The zero-order valence-electron chi connectivity index (χ0n) is 19.2. The van der Waals surface area contributed by atoms with E-state index in [2.05, 4.69) is 25.2 Å². The van der Waals surface area contributed by atoms with Gasteiger partial charge in [-0.3, -0.25) is 9.78 Å². The third kappa shape index (κ3) is 9.45. The number of nitrogens with zero attached hydrogens (tertiary/aromatic N) is 4. The number of hydrogen-bond donors (Lipinski definition) is 3. The van der Waals surface area contributed by atoms with Crippen LogP contribution in [0.15, 0.2) is 43.0 Å². The number of alkyl halides is 6. The van der Waals surface area contributed by atoms with Gasteiger partial charge in [0.2, 0.25) is 5.95 Å². The first-order valence-electron chi connectivity index (χ1n) is 10.7. The van der Waals surface area contributed by atoms with Gasteiger partial charge in [0, 0.05) is 31.7 Å². The van der Waals surface area contributed by atoms with E-state index < -0.39 is 30.4 Å². The highest BCUT2D eigenvalue weighted by atomic mass is 19.4. The zero-order valence-corrected chi connectivity index (χ0v) is 19.2. The third-order valence-corrected chi connectivity index (χ3v) is 5.09. The average molecular weight is 553 g/mol. The van der Waals surface area contributed by atoms with Crippen molar-refractivity contribution >= 4 is 29.5 Å². The minimum atomic E-state index is -5.08. The first-order valence-corrected chi connectivity index (χ1v) is 10.7. The Morgan fingerprint density at radius 1 is 0.974 bits per heavy atom. The van der Waals surface area contributed by atoms with Crippen LogP contribution in [0.3, 0.4) is 0 Å². The van der Waals surface area contributed by atoms with Gasteiger partial charge in [-0.05, 0) is 37.0 Å². The molecule has 2 fully saturated rings. The van der Waals surface area contributed by atoms with E-state index in [1.54, 1.807) is 36.9 Å². The molecule has 38 heavy (non-hydrogen) atoms. The van der Waals surface area contributed by atoms with Gasteiger partial charge in [-0.2, -0.15) is 26.3 Å². The van der Waals surface area contributed by atoms with Crippen LogP contribution in [-0.2, 0) is 19.1 Å². The fourth-order valence-electron chi connectivity index (χ4n) is 3.39. The zero-order chi connectivity index (χ0) is 28.5. The molecule has 0 unspecified atom stereocenters. The Hall–Kier alpha value is -4.02. The highest BCUT2D eigenvalue weighted by Crippen LogP contribution is 2.34. The number of carboxylic acids is 2. The predicted octanol–water partition coefficient (Wildman–Crippen LogP) is 2.76. The number of rotatable bonds is 3. The molecule has 4 rings (SSSR count). The van der Waals surface area contributed by atoms with E-state index in [9.17, 15) is 31.1 Å². The number of anilines is 2. The number of aromatic nitrogens is 3. The molecule has 208 valence electrons. The highest BCUT2D eigenvalue weighted by molar-refractivity contribution is 5.94. The second-order valence-electron chi connectivity index (χ2n) is 7.78. The van der Waals surface area contributed by atoms with Crippen molar-refractivity contribution in [3.8, 4) is 0 Å². The standard InChI is InChI=1S/C17H19N5O2.2C2HF3O2/c23-16(21-13-3-1-5-18-10-13)14-9-12-4-8-22(11-15(12)24-14)17-19-6-2-7-20-17;2*3-2(4,5)1(6)7/h1-3,5-7,10,12,14-15H,4,8-9,11H2,(H,21,23);2*(H,6,7)/t12-,14-,15-;;/m0../s1. The summed E-state index contributed by atoms with van der Waals surface area (Å²) in [5, 5.41) is 17.1. The van der Waals surface area contributed by atoms with Gasteiger partial charge >= 0.3 is 24.3 Å². The molecule has 3 atom stereocenters. The van der Waals surface area contributed by atoms with Gasteiger partial charge in [-0.1, -0.05) is 0 Å². The number of hydrogen-bond acceptors (Lipinski definition) is 8. The number of pyridine rings is 1. The van der Waals surface area contributed by atoms with E-state index in [0.717, 1.165) is 31.9 Å². The molecule has 17 heteroatoms. The van der Waals surface area contributed by atoms with Gasteiger partial charge in [0.15, 0.2) is 0 Å². The summed E-state index contributed by atoms with van der Waals surface area (Å²) >= 11 is 0. The molecule has 1 amide bonds. The van der Waals surface area contributed by atoms with E-state index in [-0.39, 0.29) is 12.0 Å². The first-order chi connectivity index (χ1) is 17.7. The van der Waals surface area contributed by atoms with Crippen LogP contribution < -0.4 is 10.2 Å². The summed E-state index contributed by atoms with van der Waals surface area (Å²) in [6.07, 6.45) is -1.98. The lowest BCUT2D eigenvalue weighted by Crippen LogP contribution is -2.43. The van der Waals surface area contributed by atoms with E-state index in [1.165, 1.54) is 0 Å². The lowest BCUT2D eigenvalue weighted by Gasteiger charge is -2.33. The van der Waals surface area contributed by atoms with Crippen molar-refractivity contribution in [1.82, 2.24) is 15.0 Å². The molecule has 0 spiro atoms. The molecule has 0 aliphatic carbocycles. The van der Waals surface area contributed by atoms with Crippen molar-refractivity contribution in [1.29, 1.82) is 0 Å². The number of carbonyl (C=O) groups is 3. The summed E-state index contributed by atoms with van der Waals surface area (Å²) in [7, 11) is 0. The second kappa shape index (κ2) is 13.0. The molecule has 0 radical (unpaired) electrons. The number of aliphatic carboxylic acids is 2. The lowest BCUT2D eigenvalue weighted by molar-refractivity contribution is -0.193. The van der Waals surface area contributed by atoms with Crippen molar-refractivity contribution in [2.24, 2.45) is 5.92 Å². The number of fused-ring (bicyclic) bond motifs is 1. The Labute approximate surface area is 210 Å². The summed E-state index contributed by atoms with van der Waals surface area (Å²) in [6.45, 7) is 1.62. The van der Waals surface area contributed by atoms with Crippen molar-refractivity contribution < 1.29 is 55.7 Å². The largest absolute Gasteiger partial charge is 0.490 e. The van der Waals surface area contributed by atoms with Crippen molar-refractivity contribution in [3.05, 3.63) is 43.0 Å². The van der Waals surface area contributed by atoms with Crippen LogP contribution in [0.2, 0.25) is 0 Å². The first kappa shape index (κ1) is 30.2. The highest BCUT2D eigenvalue weighted by Gasteiger charge is 2.42. The number of halogens is 6. The minimum absolute atomic E-state index is 0.0483. The molecule has 2 aliphatic rings. The lowest BCUT2D eigenvalue weighted by atomic mass is 9.92. The topological polar surface area (TPSA) is 155 Å². The Morgan fingerprint density at radius 3 is 2.05 bits per heavy atom. The number of carboxylic acid groups (broad SMARTS) is 2. The maximum Gasteiger partial charge on any atom is 0.490 e. The number of nitrogens with one attached hydrogen (secondary N) is 1. The van der Waals surface area contributed by atoms with Crippen LogP contribution in [0, 0.1) is 5.92 Å². The van der Waals surface area contributed by atoms with Crippen LogP contribution in [0.25, 0.3) is 0 Å². The van der Waals surface area contributed by atoms with Gasteiger partial charge in [-0.15, -0.1) is 0 Å². The number of piperidine rings is 1. The molecule has 2 aliphatic heterocycles. The van der Waals surface area contributed by atoms with Gasteiger partial charge in [0.1, 0.15) is 6.10 Å². The van der Waals surface area contributed by atoms with Crippen LogP contribution >= 0.6 is 0 Å². The predicted molar refractivity (Wildman–Crippen MR) is 116 cm³/mol. The van der Waals surface area contributed by atoms with E-state index in [1.807, 2.05) is 6.07 Å². The molecule has 0 saturated carbocycles. The molecule has 2 saturated heterocycles. The summed E-state index contributed by atoms with van der Waals surface area (Å²) in [4.78, 5) is 44.9. The molecule has 2 aromatic rings. The third-order valence-electron chi connectivity index (χ3n) is 5.09. The van der Waals surface area contributed by atoms with Crippen LogP contribution in [0.4, 0.5) is 38.0 Å². The second-order valence-corrected chi connectivity index (χ2v) is 7.78. The number of ether oxygens (including phenoxy) is 1. The fourth-order valence-corrected chi connectivity index (χ4v) is 3.39. The molecule has 3 N–H and O–H groups in total. The maximum absolute atomic E-state index is 12.4. The SMILES string of the molecule is O=C(Nc1cccnc1)[C@@H]1C[C@@H]2CCN(c3ncccn3)C[C@@H]2O1.O=C(O)C(F)(F)F.O=C(O)C(F)(F)F. The molecule has 0 aromatic carbocycles. The van der Waals surface area contributed by atoms with Crippen molar-refractivity contribution in [3.63, 3.8) is 0 Å². The van der Waals surface area contributed by atoms with Crippen LogP contribution in [0.5, 0.6) is 0 Å². The van der Waals surface area contributed by atoms with Gasteiger partial charge in [0.05, 0.1) is 18.0 Å². The Balaban J connectivity index is 0.000000301. The van der Waals surface area contributed by atoms with Gasteiger partial charge in [-0.25, -0.2) is 19.6 Å². The number of amides is 1. The van der Waals surface area contributed by atoms with Crippen molar-refractivity contribution in [2.75, 3.05) is 23.3 Å². The van der Waals surface area contributed by atoms with Gasteiger partial charge < -0.3 is 25.2 Å². The van der Waals surface area contributed by atoms with E-state index in [4.69, 9.17) is 24.5 Å². The Bertz CT molecular complexity index is 1050. The fraction of sp³-hybridized carbons (Fsp3) is 0.429. The van der Waals surface area contributed by atoms with Crippen molar-refractivity contribution in [2.45, 2.75) is 37.4 Å². The minimum Gasteiger partial charge on any atom is -0.475 e. The molecule has 11 nitrogen and oxygen atoms in total. The average Bonchev–Trinajstić information content (AvgIpc) is 3.29. The molecule has 4 heterocycles. The molecular formula is C21H21F6N5O6. The molecular weight excluding hydrogens is 532 g/mol. The molecule has 0 bridgehead atoms. The smallest absolute Gasteiger partial charge is 0.475 e. The maximum atomic E-state index is 12.4. The monoisotopic (exact) mass is 553 g/mol. The quantitative estimate of drug-likeness (QED) is 0.484. The van der Waals surface area contributed by atoms with E-state index >= 15 is 0 Å². The summed E-state index contributed by atoms with van der Waals surface area (Å²) in [5.41, 5.74) is 0.695. The van der Waals surface area contributed by atoms with Crippen LogP contribution in [0.1, 0.15) is 12.8 Å². The van der Waals surface area contributed by atoms with Gasteiger partial charge in [0.25, 0.3) is 5.91 Å². The number of carbonyl (C=O) groups excluding carboxylic acids is 1. The Morgan fingerprint density at radius 2 is 1.55 bits per heavy atom. The summed E-state index contributed by atoms with van der Waals surface area (Å²) in [6, 6.07) is 5.42. The normalized spacial score (nSPS) is 20.6. The van der Waals surface area contributed by atoms with Crippen LogP contribution in [-0.4, -0.2) is 80.7 Å².